The van der Waals surface area contributed by atoms with Crippen molar-refractivity contribution < 1.29 is 4.39 Å². The zero-order valence-corrected chi connectivity index (χ0v) is 9.03. The molecule has 0 bridgehead atoms. The van der Waals surface area contributed by atoms with E-state index >= 15 is 0 Å². The average Bonchev–Trinajstić information content (AvgIpc) is 2.33. The summed E-state index contributed by atoms with van der Waals surface area (Å²) in [6.07, 6.45) is 4.55. The molecule has 82 valence electrons. The first-order chi connectivity index (χ1) is 7.70. The van der Waals surface area contributed by atoms with Crippen LogP contribution in [-0.4, -0.2) is 9.97 Å². The van der Waals surface area contributed by atoms with Crippen molar-refractivity contribution >= 4 is 11.6 Å². The molecule has 3 nitrogen and oxygen atoms in total. The topological polar surface area (TPSA) is 51.8 Å². The van der Waals surface area contributed by atoms with Gasteiger partial charge in [0.15, 0.2) is 0 Å². The van der Waals surface area contributed by atoms with Gasteiger partial charge in [-0.3, -0.25) is 9.97 Å². The number of aromatic nitrogens is 2. The van der Waals surface area contributed by atoms with E-state index < -0.39 is 11.9 Å². The molecule has 0 saturated heterocycles. The second-order valence-corrected chi connectivity index (χ2v) is 3.66. The maximum Gasteiger partial charge on any atom is 0.146 e. The molecule has 2 N–H and O–H groups in total. The van der Waals surface area contributed by atoms with Crippen molar-refractivity contribution in [3.8, 4) is 0 Å². The highest BCUT2D eigenvalue weighted by molar-refractivity contribution is 6.30. The summed E-state index contributed by atoms with van der Waals surface area (Å²) in [6.45, 7) is 0. The Morgan fingerprint density at radius 2 is 2.12 bits per heavy atom. The van der Waals surface area contributed by atoms with E-state index in [0.717, 1.165) is 0 Å². The van der Waals surface area contributed by atoms with Gasteiger partial charge in [0, 0.05) is 18.0 Å². The zero-order valence-electron chi connectivity index (χ0n) is 8.27. The van der Waals surface area contributed by atoms with Gasteiger partial charge in [-0.25, -0.2) is 4.39 Å². The van der Waals surface area contributed by atoms with Crippen molar-refractivity contribution in [2.45, 2.75) is 6.04 Å². The second kappa shape index (κ2) is 4.55. The molecule has 1 aromatic heterocycles. The molecule has 0 saturated carbocycles. The van der Waals surface area contributed by atoms with Gasteiger partial charge in [0.05, 0.1) is 23.0 Å². The minimum absolute atomic E-state index is 0.0526. The number of rotatable bonds is 2. The minimum Gasteiger partial charge on any atom is -0.319 e. The van der Waals surface area contributed by atoms with Crippen LogP contribution in [0.1, 0.15) is 17.3 Å². The first kappa shape index (κ1) is 11.0. The van der Waals surface area contributed by atoms with Crippen LogP contribution >= 0.6 is 11.6 Å². The van der Waals surface area contributed by atoms with Gasteiger partial charge in [0.1, 0.15) is 5.82 Å². The lowest BCUT2D eigenvalue weighted by Crippen LogP contribution is -2.15. The summed E-state index contributed by atoms with van der Waals surface area (Å²) in [5.74, 6) is -0.512. The van der Waals surface area contributed by atoms with E-state index in [1.54, 1.807) is 12.1 Å². The van der Waals surface area contributed by atoms with Crippen molar-refractivity contribution in [1.29, 1.82) is 0 Å². The summed E-state index contributed by atoms with van der Waals surface area (Å²) in [6, 6.07) is 4.05. The number of nitrogens with two attached hydrogens (primary N) is 1. The van der Waals surface area contributed by atoms with Crippen molar-refractivity contribution in [3.63, 3.8) is 0 Å². The molecule has 0 aliphatic rings. The highest BCUT2D eigenvalue weighted by Crippen LogP contribution is 2.24. The predicted molar refractivity (Wildman–Crippen MR) is 59.5 cm³/mol. The van der Waals surface area contributed by atoms with E-state index in [0.29, 0.717) is 11.3 Å². The van der Waals surface area contributed by atoms with E-state index in [-0.39, 0.29) is 5.02 Å². The molecule has 0 fully saturated rings. The third-order valence-corrected chi connectivity index (χ3v) is 2.51. The molecule has 1 heterocycles. The second-order valence-electron chi connectivity index (χ2n) is 3.25. The standard InChI is InChI=1S/C11H9ClFN3/c12-8-3-1-2-7(10(8)13)11(14)9-6-15-4-5-16-9/h1-6,11H,14H2. The van der Waals surface area contributed by atoms with Crippen LogP contribution in [0.3, 0.4) is 0 Å². The van der Waals surface area contributed by atoms with Gasteiger partial charge >= 0.3 is 0 Å². The lowest BCUT2D eigenvalue weighted by atomic mass is 10.0. The smallest absolute Gasteiger partial charge is 0.146 e. The Balaban J connectivity index is 2.42. The van der Waals surface area contributed by atoms with Crippen LogP contribution in [0.2, 0.25) is 5.02 Å². The summed E-state index contributed by atoms with van der Waals surface area (Å²) in [5.41, 5.74) is 6.70. The lowest BCUT2D eigenvalue weighted by molar-refractivity contribution is 0.597. The Kier molecular flexibility index (Phi) is 3.12. The Labute approximate surface area is 97.1 Å². The van der Waals surface area contributed by atoms with Gasteiger partial charge < -0.3 is 5.73 Å². The number of hydrogen-bond donors (Lipinski definition) is 1. The van der Waals surface area contributed by atoms with Crippen molar-refractivity contribution in [3.05, 3.63) is 58.9 Å². The van der Waals surface area contributed by atoms with Crippen LogP contribution in [0.25, 0.3) is 0 Å². The fourth-order valence-corrected chi connectivity index (χ4v) is 1.57. The average molecular weight is 238 g/mol. The highest BCUT2D eigenvalue weighted by Gasteiger charge is 2.16. The maximum absolute atomic E-state index is 13.7. The SMILES string of the molecule is NC(c1cnccn1)c1cccc(Cl)c1F. The summed E-state index contributed by atoms with van der Waals surface area (Å²) < 4.78 is 13.7. The number of hydrogen-bond acceptors (Lipinski definition) is 3. The Morgan fingerprint density at radius 3 is 2.81 bits per heavy atom. The first-order valence-corrected chi connectivity index (χ1v) is 5.03. The minimum atomic E-state index is -0.660. The van der Waals surface area contributed by atoms with Crippen LogP contribution < -0.4 is 5.73 Å². The van der Waals surface area contributed by atoms with Gasteiger partial charge in [-0.2, -0.15) is 0 Å². The molecule has 2 aromatic rings. The van der Waals surface area contributed by atoms with E-state index in [1.165, 1.54) is 24.7 Å². The molecule has 0 aliphatic heterocycles. The van der Waals surface area contributed by atoms with Gasteiger partial charge in [-0.1, -0.05) is 23.7 Å². The monoisotopic (exact) mass is 237 g/mol. The van der Waals surface area contributed by atoms with E-state index in [2.05, 4.69) is 9.97 Å². The van der Waals surface area contributed by atoms with Gasteiger partial charge in [-0.15, -0.1) is 0 Å². The van der Waals surface area contributed by atoms with Crippen LogP contribution in [-0.2, 0) is 0 Å². The molecule has 0 aliphatic carbocycles. The molecule has 1 unspecified atom stereocenters. The molecular formula is C11H9ClFN3. The summed E-state index contributed by atoms with van der Waals surface area (Å²) in [5, 5.41) is 0.0526. The zero-order chi connectivity index (χ0) is 11.5. The van der Waals surface area contributed by atoms with Crippen LogP contribution in [0.4, 0.5) is 4.39 Å². The molecule has 5 heteroatoms. The maximum atomic E-state index is 13.7. The summed E-state index contributed by atoms with van der Waals surface area (Å²) in [7, 11) is 0. The summed E-state index contributed by atoms with van der Waals surface area (Å²) in [4.78, 5) is 7.91. The number of halogens is 2. The fourth-order valence-electron chi connectivity index (χ4n) is 1.39. The predicted octanol–water partition coefficient (Wildman–Crippen LogP) is 2.32. The van der Waals surface area contributed by atoms with Crippen LogP contribution in [0, 0.1) is 5.82 Å². The van der Waals surface area contributed by atoms with E-state index in [4.69, 9.17) is 17.3 Å². The summed E-state index contributed by atoms with van der Waals surface area (Å²) >= 11 is 5.68. The normalized spacial score (nSPS) is 12.4. The molecular weight excluding hydrogens is 229 g/mol. The van der Waals surface area contributed by atoms with Gasteiger partial charge in [0.2, 0.25) is 0 Å². The Bertz CT molecular complexity index is 490. The molecule has 16 heavy (non-hydrogen) atoms. The molecule has 2 rings (SSSR count). The molecule has 1 aromatic carbocycles. The third kappa shape index (κ3) is 2.03. The van der Waals surface area contributed by atoms with Gasteiger partial charge in [0.25, 0.3) is 0 Å². The Hall–Kier alpha value is -1.52. The first-order valence-electron chi connectivity index (χ1n) is 4.65. The molecule has 1 atom stereocenters. The van der Waals surface area contributed by atoms with E-state index in [1.807, 2.05) is 0 Å². The molecule has 0 spiro atoms. The number of nitrogens with zero attached hydrogens (tertiary/aromatic N) is 2. The molecule has 0 radical (unpaired) electrons. The Morgan fingerprint density at radius 1 is 1.31 bits per heavy atom. The molecule has 0 amide bonds. The van der Waals surface area contributed by atoms with Crippen molar-refractivity contribution in [1.82, 2.24) is 9.97 Å². The third-order valence-electron chi connectivity index (χ3n) is 2.22. The quantitative estimate of drug-likeness (QED) is 0.872. The highest BCUT2D eigenvalue weighted by atomic mass is 35.5. The van der Waals surface area contributed by atoms with Crippen molar-refractivity contribution in [2.75, 3.05) is 0 Å². The van der Waals surface area contributed by atoms with Gasteiger partial charge in [-0.05, 0) is 6.07 Å². The fraction of sp³-hybridized carbons (Fsp3) is 0.0909. The van der Waals surface area contributed by atoms with E-state index in [9.17, 15) is 4.39 Å². The van der Waals surface area contributed by atoms with Crippen LogP contribution in [0.15, 0.2) is 36.8 Å². The lowest BCUT2D eigenvalue weighted by Gasteiger charge is -2.12. The largest absolute Gasteiger partial charge is 0.319 e. The number of benzene rings is 1. The van der Waals surface area contributed by atoms with Crippen molar-refractivity contribution in [2.24, 2.45) is 5.73 Å². The van der Waals surface area contributed by atoms with Crippen LogP contribution in [0.5, 0.6) is 0 Å².